The summed E-state index contributed by atoms with van der Waals surface area (Å²) in [5.41, 5.74) is 0.0239. The van der Waals surface area contributed by atoms with E-state index in [0.717, 1.165) is 41.9 Å². The van der Waals surface area contributed by atoms with Gasteiger partial charge in [0, 0.05) is 10.4 Å². The highest BCUT2D eigenvalue weighted by Gasteiger charge is 2.51. The van der Waals surface area contributed by atoms with Crippen molar-refractivity contribution < 1.29 is 9.59 Å². The average Bonchev–Trinajstić information content (AvgIpc) is 2.89. The standard InChI is InChI=1S/C18H24N2O2S/c1-11-2-3-15(23-11)17(22)19-10-16(21)20-18-7-12-4-13(8-18)6-14(5-12)9-18/h2-3,12-14H,4-10H2,1H3,(H,19,22)(H,20,21). The van der Waals surface area contributed by atoms with Gasteiger partial charge in [0.25, 0.3) is 5.91 Å². The molecular formula is C18H24N2O2S. The van der Waals surface area contributed by atoms with Gasteiger partial charge in [0.2, 0.25) is 5.91 Å². The fourth-order valence-corrected chi connectivity index (χ4v) is 6.19. The summed E-state index contributed by atoms with van der Waals surface area (Å²) in [6.45, 7) is 2.05. The molecule has 4 saturated carbocycles. The Bertz CT molecular complexity index is 601. The zero-order chi connectivity index (χ0) is 16.0. The minimum atomic E-state index is -0.149. The maximum Gasteiger partial charge on any atom is 0.261 e. The van der Waals surface area contributed by atoms with Gasteiger partial charge in [0.1, 0.15) is 0 Å². The molecule has 0 saturated heterocycles. The van der Waals surface area contributed by atoms with E-state index in [0.29, 0.717) is 4.88 Å². The third kappa shape index (κ3) is 3.03. The fraction of sp³-hybridized carbons (Fsp3) is 0.667. The molecule has 0 radical (unpaired) electrons. The molecule has 0 spiro atoms. The van der Waals surface area contributed by atoms with E-state index < -0.39 is 0 Å². The van der Waals surface area contributed by atoms with E-state index in [1.54, 1.807) is 0 Å². The van der Waals surface area contributed by atoms with Crippen molar-refractivity contribution in [3.63, 3.8) is 0 Å². The molecule has 4 aliphatic carbocycles. The summed E-state index contributed by atoms with van der Waals surface area (Å²) in [6.07, 6.45) is 7.52. The molecule has 4 fully saturated rings. The van der Waals surface area contributed by atoms with Crippen LogP contribution in [0.15, 0.2) is 12.1 Å². The van der Waals surface area contributed by atoms with Crippen molar-refractivity contribution in [2.75, 3.05) is 6.54 Å². The summed E-state index contributed by atoms with van der Waals surface area (Å²) in [6, 6.07) is 3.74. The number of carbonyl (C=O) groups excluding carboxylic acids is 2. The second-order valence-electron chi connectivity index (χ2n) is 7.84. The number of carbonyl (C=O) groups is 2. The molecule has 4 aliphatic rings. The number of aryl methyl sites for hydroxylation is 1. The van der Waals surface area contributed by atoms with Gasteiger partial charge in [-0.15, -0.1) is 11.3 Å². The van der Waals surface area contributed by atoms with E-state index in [4.69, 9.17) is 0 Å². The summed E-state index contributed by atoms with van der Waals surface area (Å²) < 4.78 is 0. The van der Waals surface area contributed by atoms with E-state index in [1.807, 2.05) is 19.1 Å². The first-order chi connectivity index (χ1) is 11.0. The Morgan fingerprint density at radius 2 is 1.74 bits per heavy atom. The van der Waals surface area contributed by atoms with Gasteiger partial charge in [-0.2, -0.15) is 0 Å². The lowest BCUT2D eigenvalue weighted by molar-refractivity contribution is -0.125. The average molecular weight is 332 g/mol. The smallest absolute Gasteiger partial charge is 0.261 e. The Kier molecular flexibility index (Phi) is 3.71. The van der Waals surface area contributed by atoms with Crippen molar-refractivity contribution in [1.29, 1.82) is 0 Å². The molecule has 4 bridgehead atoms. The van der Waals surface area contributed by atoms with Crippen molar-refractivity contribution in [2.45, 2.75) is 51.0 Å². The molecule has 0 aliphatic heterocycles. The van der Waals surface area contributed by atoms with Crippen molar-refractivity contribution in [3.05, 3.63) is 21.9 Å². The van der Waals surface area contributed by atoms with Gasteiger partial charge < -0.3 is 10.6 Å². The third-order valence-corrected chi connectivity index (χ3v) is 6.82. The summed E-state index contributed by atoms with van der Waals surface area (Å²) in [4.78, 5) is 26.2. The quantitative estimate of drug-likeness (QED) is 0.891. The SMILES string of the molecule is Cc1ccc(C(=O)NCC(=O)NC23CC4CC(CC(C4)C2)C3)s1. The second kappa shape index (κ2) is 5.62. The molecule has 5 heteroatoms. The number of thiophene rings is 1. The molecule has 4 nitrogen and oxygen atoms in total. The number of nitrogens with one attached hydrogen (secondary N) is 2. The van der Waals surface area contributed by atoms with E-state index in [9.17, 15) is 9.59 Å². The highest BCUT2D eigenvalue weighted by Crippen LogP contribution is 2.55. The fourth-order valence-electron chi connectivity index (χ4n) is 5.41. The van der Waals surface area contributed by atoms with Crippen LogP contribution in [0.25, 0.3) is 0 Å². The third-order valence-electron chi connectivity index (χ3n) is 5.82. The first kappa shape index (κ1) is 15.2. The van der Waals surface area contributed by atoms with Gasteiger partial charge in [0.15, 0.2) is 0 Å². The lowest BCUT2D eigenvalue weighted by Crippen LogP contribution is -2.61. The summed E-state index contributed by atoms with van der Waals surface area (Å²) in [7, 11) is 0. The van der Waals surface area contributed by atoms with E-state index in [2.05, 4.69) is 10.6 Å². The minimum absolute atomic E-state index is 0.0239. The Balaban J connectivity index is 1.33. The van der Waals surface area contributed by atoms with Gasteiger partial charge in [-0.05, 0) is 75.3 Å². The van der Waals surface area contributed by atoms with Gasteiger partial charge in [-0.1, -0.05) is 0 Å². The molecule has 1 aromatic rings. The van der Waals surface area contributed by atoms with Gasteiger partial charge in [-0.25, -0.2) is 0 Å². The van der Waals surface area contributed by atoms with Crippen LogP contribution < -0.4 is 10.6 Å². The maximum absolute atomic E-state index is 12.3. The topological polar surface area (TPSA) is 58.2 Å². The highest BCUT2D eigenvalue weighted by atomic mass is 32.1. The monoisotopic (exact) mass is 332 g/mol. The van der Waals surface area contributed by atoms with Crippen LogP contribution in [0.3, 0.4) is 0 Å². The van der Waals surface area contributed by atoms with E-state index >= 15 is 0 Å². The van der Waals surface area contributed by atoms with Crippen LogP contribution in [0.4, 0.5) is 0 Å². The predicted molar refractivity (Wildman–Crippen MR) is 90.4 cm³/mol. The molecular weight excluding hydrogens is 308 g/mol. The van der Waals surface area contributed by atoms with Crippen molar-refractivity contribution in [2.24, 2.45) is 17.8 Å². The summed E-state index contributed by atoms with van der Waals surface area (Å²) >= 11 is 1.46. The molecule has 2 amide bonds. The first-order valence-electron chi connectivity index (χ1n) is 8.67. The molecule has 1 aromatic heterocycles. The normalized spacial score (nSPS) is 34.4. The first-order valence-corrected chi connectivity index (χ1v) is 9.49. The Morgan fingerprint density at radius 3 is 2.26 bits per heavy atom. The Labute approximate surface area is 141 Å². The highest BCUT2D eigenvalue weighted by molar-refractivity contribution is 7.13. The van der Waals surface area contributed by atoms with Crippen LogP contribution >= 0.6 is 11.3 Å². The molecule has 1 heterocycles. The van der Waals surface area contributed by atoms with Crippen LogP contribution in [-0.4, -0.2) is 23.9 Å². The van der Waals surface area contributed by atoms with Crippen molar-refractivity contribution in [3.8, 4) is 0 Å². The van der Waals surface area contributed by atoms with E-state index in [-0.39, 0.29) is 23.9 Å². The molecule has 2 N–H and O–H groups in total. The molecule has 5 rings (SSSR count). The van der Waals surface area contributed by atoms with Crippen LogP contribution in [0, 0.1) is 24.7 Å². The van der Waals surface area contributed by atoms with Gasteiger partial charge in [-0.3, -0.25) is 9.59 Å². The molecule has 0 unspecified atom stereocenters. The zero-order valence-electron chi connectivity index (χ0n) is 13.6. The zero-order valence-corrected chi connectivity index (χ0v) is 14.4. The van der Waals surface area contributed by atoms with Crippen LogP contribution in [-0.2, 0) is 4.79 Å². The van der Waals surface area contributed by atoms with Crippen molar-refractivity contribution >= 4 is 23.2 Å². The molecule has 124 valence electrons. The number of hydrogen-bond donors (Lipinski definition) is 2. The largest absolute Gasteiger partial charge is 0.349 e. The van der Waals surface area contributed by atoms with Crippen LogP contribution in [0.5, 0.6) is 0 Å². The van der Waals surface area contributed by atoms with E-state index in [1.165, 1.54) is 30.6 Å². The lowest BCUT2D eigenvalue weighted by Gasteiger charge is -2.56. The maximum atomic E-state index is 12.3. The lowest BCUT2D eigenvalue weighted by atomic mass is 9.53. The van der Waals surface area contributed by atoms with Crippen molar-refractivity contribution in [1.82, 2.24) is 10.6 Å². The number of amides is 2. The minimum Gasteiger partial charge on any atom is -0.349 e. The summed E-state index contributed by atoms with van der Waals surface area (Å²) in [5, 5.41) is 6.04. The summed E-state index contributed by atoms with van der Waals surface area (Å²) in [5.74, 6) is 2.25. The Hall–Kier alpha value is -1.36. The molecule has 0 aromatic carbocycles. The number of hydrogen-bond acceptors (Lipinski definition) is 3. The Morgan fingerprint density at radius 1 is 1.13 bits per heavy atom. The van der Waals surface area contributed by atoms with Gasteiger partial charge in [0.05, 0.1) is 11.4 Å². The second-order valence-corrected chi connectivity index (χ2v) is 9.13. The van der Waals surface area contributed by atoms with Crippen LogP contribution in [0.2, 0.25) is 0 Å². The predicted octanol–water partition coefficient (Wildman–Crippen LogP) is 2.87. The molecule has 23 heavy (non-hydrogen) atoms. The van der Waals surface area contributed by atoms with Gasteiger partial charge >= 0.3 is 0 Å². The number of rotatable bonds is 4. The molecule has 0 atom stereocenters. The van der Waals surface area contributed by atoms with Crippen LogP contribution in [0.1, 0.15) is 53.1 Å².